The monoisotopic (exact) mass is 404 g/mol. The summed E-state index contributed by atoms with van der Waals surface area (Å²) in [6.07, 6.45) is 0. The Morgan fingerprint density at radius 3 is 2.44 bits per heavy atom. The number of H-pyrrole nitrogens is 1. The number of benzene rings is 1. The van der Waals surface area contributed by atoms with Gasteiger partial charge >= 0.3 is 0 Å². The Labute approximate surface area is 162 Å². The maximum absolute atomic E-state index is 12.5. The summed E-state index contributed by atoms with van der Waals surface area (Å²) < 4.78 is 24.3. The molecule has 0 radical (unpaired) electrons. The van der Waals surface area contributed by atoms with E-state index >= 15 is 0 Å². The average molecular weight is 405 g/mol. The first-order valence-corrected chi connectivity index (χ1v) is 10.9. The smallest absolute Gasteiger partial charge is 0.180 e. The lowest BCUT2D eigenvalue weighted by Gasteiger charge is -2.11. The highest BCUT2D eigenvalue weighted by Crippen LogP contribution is 2.36. The van der Waals surface area contributed by atoms with Crippen molar-refractivity contribution in [3.8, 4) is 0 Å². The molecular formula is C19H22N3O3S2-. The van der Waals surface area contributed by atoms with Crippen LogP contribution in [0.25, 0.3) is 10.2 Å². The fourth-order valence-electron chi connectivity index (χ4n) is 2.81. The Balaban J connectivity index is 1.83. The van der Waals surface area contributed by atoms with Crippen LogP contribution in [0.5, 0.6) is 0 Å². The quantitative estimate of drug-likeness (QED) is 0.503. The minimum Gasteiger partial charge on any atom is -0.858 e. The SMILES string of the molecule is Cc1[nH]c2sc(C([O-])=NCc3ccc(S(=O)(=O)C(C)C)cc3)c(N)c2c1C. The van der Waals surface area contributed by atoms with Crippen LogP contribution < -0.4 is 10.8 Å². The van der Waals surface area contributed by atoms with Crippen LogP contribution in [0.1, 0.15) is 35.5 Å². The van der Waals surface area contributed by atoms with Crippen molar-refractivity contribution in [1.82, 2.24) is 4.98 Å². The van der Waals surface area contributed by atoms with Crippen molar-refractivity contribution in [2.45, 2.75) is 44.4 Å². The molecule has 0 aliphatic heterocycles. The lowest BCUT2D eigenvalue weighted by molar-refractivity contribution is -0.212. The van der Waals surface area contributed by atoms with Gasteiger partial charge in [0.05, 0.1) is 27.3 Å². The molecule has 3 N–H and O–H groups in total. The van der Waals surface area contributed by atoms with Crippen LogP contribution in [-0.4, -0.2) is 24.5 Å². The summed E-state index contributed by atoms with van der Waals surface area (Å²) in [7, 11) is -3.31. The predicted molar refractivity (Wildman–Crippen MR) is 109 cm³/mol. The zero-order chi connectivity index (χ0) is 19.9. The molecule has 0 spiro atoms. The number of aliphatic imine (C=N–C) groups is 1. The summed E-state index contributed by atoms with van der Waals surface area (Å²) in [6, 6.07) is 6.47. The van der Waals surface area contributed by atoms with Crippen LogP contribution in [0.2, 0.25) is 0 Å². The van der Waals surface area contributed by atoms with Crippen molar-refractivity contribution in [1.29, 1.82) is 0 Å². The highest BCUT2D eigenvalue weighted by Gasteiger charge is 2.18. The molecule has 0 aliphatic carbocycles. The summed E-state index contributed by atoms with van der Waals surface area (Å²) in [5.41, 5.74) is 9.47. The van der Waals surface area contributed by atoms with Gasteiger partial charge in [0, 0.05) is 17.0 Å². The maximum atomic E-state index is 12.5. The first-order valence-electron chi connectivity index (χ1n) is 8.54. The van der Waals surface area contributed by atoms with Crippen molar-refractivity contribution in [3.05, 3.63) is 46.0 Å². The molecule has 6 nitrogen and oxygen atoms in total. The summed E-state index contributed by atoms with van der Waals surface area (Å²) in [6.45, 7) is 7.40. The molecule has 0 aliphatic rings. The van der Waals surface area contributed by atoms with Gasteiger partial charge in [-0.2, -0.15) is 0 Å². The molecule has 0 saturated heterocycles. The van der Waals surface area contributed by atoms with Crippen LogP contribution in [0, 0.1) is 13.8 Å². The van der Waals surface area contributed by atoms with Gasteiger partial charge in [0.2, 0.25) is 0 Å². The molecule has 3 aromatic rings. The molecule has 1 aromatic carbocycles. The van der Waals surface area contributed by atoms with Crippen LogP contribution in [-0.2, 0) is 16.4 Å². The minimum absolute atomic E-state index is 0.171. The molecule has 0 unspecified atom stereocenters. The molecule has 2 heterocycles. The molecule has 0 atom stereocenters. The normalized spacial score (nSPS) is 13.0. The standard InChI is InChI=1S/C19H23N3O3S2/c1-10(2)27(24,25)14-7-5-13(6-8-14)9-21-18(23)17-16(20)15-11(3)12(4)22-19(15)26-17/h5-8,10,22H,9,20H2,1-4H3,(H,21,23)/p-1. The van der Waals surface area contributed by atoms with Crippen LogP contribution in [0.15, 0.2) is 34.2 Å². The Morgan fingerprint density at radius 1 is 1.26 bits per heavy atom. The lowest BCUT2D eigenvalue weighted by Crippen LogP contribution is -2.19. The van der Waals surface area contributed by atoms with Crippen LogP contribution in [0.3, 0.4) is 0 Å². The minimum atomic E-state index is -3.31. The van der Waals surface area contributed by atoms with Gasteiger partial charge < -0.3 is 15.8 Å². The molecule has 0 amide bonds. The first kappa shape index (κ1) is 19.4. The van der Waals surface area contributed by atoms with Crippen LogP contribution in [0.4, 0.5) is 5.69 Å². The molecular weight excluding hydrogens is 382 g/mol. The van der Waals surface area contributed by atoms with Crippen molar-refractivity contribution in [3.63, 3.8) is 0 Å². The number of nitrogen functional groups attached to an aromatic ring is 1. The third kappa shape index (κ3) is 3.46. The van der Waals surface area contributed by atoms with E-state index in [-0.39, 0.29) is 17.3 Å². The van der Waals surface area contributed by atoms with Gasteiger partial charge in [-0.3, -0.25) is 4.99 Å². The zero-order valence-corrected chi connectivity index (χ0v) is 17.3. The summed E-state index contributed by atoms with van der Waals surface area (Å²) >= 11 is 1.31. The molecule has 3 rings (SSSR count). The predicted octanol–water partition coefficient (Wildman–Crippen LogP) is 2.92. The zero-order valence-electron chi connectivity index (χ0n) is 15.7. The number of anilines is 1. The number of rotatable bonds is 5. The van der Waals surface area contributed by atoms with Crippen molar-refractivity contribution in [2.75, 3.05) is 5.73 Å². The second kappa shape index (κ2) is 7.01. The Hall–Kier alpha value is -2.32. The lowest BCUT2D eigenvalue weighted by atomic mass is 10.2. The summed E-state index contributed by atoms with van der Waals surface area (Å²) in [5, 5.41) is 12.9. The molecule has 8 heteroatoms. The van der Waals surface area contributed by atoms with Gasteiger partial charge in [-0.1, -0.05) is 12.1 Å². The number of aromatic amines is 1. The number of aryl methyl sites for hydroxylation is 2. The van der Waals surface area contributed by atoms with E-state index in [0.717, 1.165) is 27.0 Å². The fraction of sp³-hybridized carbons (Fsp3) is 0.316. The van der Waals surface area contributed by atoms with E-state index < -0.39 is 15.1 Å². The fourth-order valence-corrected chi connectivity index (χ4v) is 5.00. The van der Waals surface area contributed by atoms with Gasteiger partial charge in [-0.05, 0) is 51.0 Å². The number of thiophene rings is 1. The Bertz CT molecular complexity index is 1120. The molecule has 2 aromatic heterocycles. The highest BCUT2D eigenvalue weighted by atomic mass is 32.2. The van der Waals surface area contributed by atoms with Gasteiger partial charge in [0.25, 0.3) is 0 Å². The Kier molecular flexibility index (Phi) is 5.05. The van der Waals surface area contributed by atoms with E-state index in [2.05, 4.69) is 9.98 Å². The van der Waals surface area contributed by atoms with Gasteiger partial charge in [-0.15, -0.1) is 11.3 Å². The number of hydrogen-bond acceptors (Lipinski definition) is 6. The van der Waals surface area contributed by atoms with E-state index in [1.807, 2.05) is 13.8 Å². The van der Waals surface area contributed by atoms with Crippen molar-refractivity contribution < 1.29 is 13.5 Å². The van der Waals surface area contributed by atoms with E-state index in [4.69, 9.17) is 5.73 Å². The molecule has 144 valence electrons. The molecule has 0 bridgehead atoms. The highest BCUT2D eigenvalue weighted by molar-refractivity contribution is 7.92. The van der Waals surface area contributed by atoms with E-state index in [9.17, 15) is 13.5 Å². The summed E-state index contributed by atoms with van der Waals surface area (Å²) in [4.78, 5) is 8.92. The van der Waals surface area contributed by atoms with Crippen molar-refractivity contribution in [2.24, 2.45) is 4.99 Å². The van der Waals surface area contributed by atoms with E-state index in [1.54, 1.807) is 38.1 Å². The van der Waals surface area contributed by atoms with Gasteiger partial charge in [0.1, 0.15) is 4.83 Å². The average Bonchev–Trinajstić information content (AvgIpc) is 3.09. The third-order valence-electron chi connectivity index (χ3n) is 4.66. The number of nitrogens with two attached hydrogens (primary N) is 1. The summed E-state index contributed by atoms with van der Waals surface area (Å²) in [5.74, 6) is -0.363. The second-order valence-corrected chi connectivity index (χ2v) is 10.3. The number of nitrogens with one attached hydrogen (secondary N) is 1. The molecule has 27 heavy (non-hydrogen) atoms. The van der Waals surface area contributed by atoms with Crippen molar-refractivity contribution >= 4 is 43.0 Å². The van der Waals surface area contributed by atoms with Gasteiger partial charge in [0.15, 0.2) is 9.84 Å². The number of nitrogens with zero attached hydrogens (tertiary/aromatic N) is 1. The van der Waals surface area contributed by atoms with Gasteiger partial charge in [-0.25, -0.2) is 8.42 Å². The first-order chi connectivity index (χ1) is 12.6. The maximum Gasteiger partial charge on any atom is 0.180 e. The van der Waals surface area contributed by atoms with E-state index in [1.165, 1.54) is 11.3 Å². The topological polar surface area (TPSA) is 111 Å². The largest absolute Gasteiger partial charge is 0.858 e. The molecule has 0 fully saturated rings. The number of hydrogen-bond donors (Lipinski definition) is 2. The number of aromatic nitrogens is 1. The number of fused-ring (bicyclic) bond motifs is 1. The third-order valence-corrected chi connectivity index (χ3v) is 7.94. The second-order valence-electron chi connectivity index (χ2n) is 6.78. The molecule has 0 saturated carbocycles. The van der Waals surface area contributed by atoms with E-state index in [0.29, 0.717) is 10.6 Å². The Morgan fingerprint density at radius 2 is 1.89 bits per heavy atom. The number of sulfone groups is 1. The van der Waals surface area contributed by atoms with Crippen LogP contribution >= 0.6 is 11.3 Å².